The van der Waals surface area contributed by atoms with E-state index in [0.29, 0.717) is 0 Å². The molecule has 1 heteroatoms. The molecular formula is C18H28O. The molecule has 0 aliphatic heterocycles. The third kappa shape index (κ3) is 3.60. The molecule has 1 aliphatic rings. The minimum atomic E-state index is -0.276. The zero-order chi connectivity index (χ0) is 13.9. The van der Waals surface area contributed by atoms with Gasteiger partial charge in [0.25, 0.3) is 0 Å². The molecule has 0 aromatic heterocycles. The van der Waals surface area contributed by atoms with Crippen molar-refractivity contribution >= 4 is 0 Å². The molecule has 1 N–H and O–H groups in total. The lowest BCUT2D eigenvalue weighted by Gasteiger charge is -2.24. The van der Waals surface area contributed by atoms with Gasteiger partial charge in [-0.15, -0.1) is 0 Å². The zero-order valence-corrected chi connectivity index (χ0v) is 12.7. The van der Waals surface area contributed by atoms with E-state index >= 15 is 0 Å². The molecule has 19 heavy (non-hydrogen) atoms. The highest BCUT2D eigenvalue weighted by Crippen LogP contribution is 2.34. The number of aliphatic hydroxyl groups is 1. The number of hydrogen-bond acceptors (Lipinski definition) is 1. The summed E-state index contributed by atoms with van der Waals surface area (Å²) in [6.45, 7) is 6.77. The fourth-order valence-corrected chi connectivity index (χ4v) is 3.06. The average Bonchev–Trinajstić information content (AvgIpc) is 2.91. The standard InChI is InChI=1S/C18H28O/c1-4-18(2,3)16-11-9-15(10-12-16)17(19)13-14-7-5-6-8-14/h9-12,14,17,19H,4-8,13H2,1-3H3. The van der Waals surface area contributed by atoms with Crippen molar-refractivity contribution in [2.75, 3.05) is 0 Å². The summed E-state index contributed by atoms with van der Waals surface area (Å²) >= 11 is 0. The minimum absolute atomic E-state index is 0.231. The van der Waals surface area contributed by atoms with Crippen LogP contribution in [0.4, 0.5) is 0 Å². The monoisotopic (exact) mass is 260 g/mol. The van der Waals surface area contributed by atoms with Crippen LogP contribution in [0.3, 0.4) is 0 Å². The smallest absolute Gasteiger partial charge is 0.0792 e. The molecule has 0 radical (unpaired) electrons. The Morgan fingerprint density at radius 3 is 2.26 bits per heavy atom. The van der Waals surface area contributed by atoms with Crippen molar-refractivity contribution in [1.29, 1.82) is 0 Å². The molecule has 1 aliphatic carbocycles. The zero-order valence-electron chi connectivity index (χ0n) is 12.7. The van der Waals surface area contributed by atoms with Gasteiger partial charge in [0, 0.05) is 0 Å². The van der Waals surface area contributed by atoms with Crippen LogP contribution in [0.1, 0.15) is 76.5 Å². The molecule has 1 nitrogen and oxygen atoms in total. The van der Waals surface area contributed by atoms with E-state index in [1.807, 2.05) is 0 Å². The normalized spacial score (nSPS) is 18.7. The van der Waals surface area contributed by atoms with Gasteiger partial charge in [-0.1, -0.05) is 70.7 Å². The Hall–Kier alpha value is -0.820. The summed E-state index contributed by atoms with van der Waals surface area (Å²) in [4.78, 5) is 0. The van der Waals surface area contributed by atoms with Gasteiger partial charge in [-0.3, -0.25) is 0 Å². The van der Waals surface area contributed by atoms with Gasteiger partial charge in [0.1, 0.15) is 0 Å². The van der Waals surface area contributed by atoms with Crippen LogP contribution >= 0.6 is 0 Å². The topological polar surface area (TPSA) is 20.2 Å². The quantitative estimate of drug-likeness (QED) is 0.791. The van der Waals surface area contributed by atoms with E-state index in [4.69, 9.17) is 0 Å². The van der Waals surface area contributed by atoms with Crippen LogP contribution in [-0.2, 0) is 5.41 Å². The number of aliphatic hydroxyl groups excluding tert-OH is 1. The highest BCUT2D eigenvalue weighted by atomic mass is 16.3. The third-order valence-corrected chi connectivity index (χ3v) is 4.99. The fourth-order valence-electron chi connectivity index (χ4n) is 3.06. The first-order valence-electron chi connectivity index (χ1n) is 7.81. The first kappa shape index (κ1) is 14.6. The van der Waals surface area contributed by atoms with Crippen LogP contribution in [0.15, 0.2) is 24.3 Å². The van der Waals surface area contributed by atoms with Crippen molar-refractivity contribution < 1.29 is 5.11 Å². The molecule has 2 rings (SSSR count). The molecule has 106 valence electrons. The molecule has 1 unspecified atom stereocenters. The lowest BCUT2D eigenvalue weighted by molar-refractivity contribution is 0.145. The van der Waals surface area contributed by atoms with Crippen LogP contribution in [0.2, 0.25) is 0 Å². The second kappa shape index (κ2) is 6.09. The van der Waals surface area contributed by atoms with Gasteiger partial charge in [0.15, 0.2) is 0 Å². The van der Waals surface area contributed by atoms with Crippen molar-refractivity contribution in [3.05, 3.63) is 35.4 Å². The van der Waals surface area contributed by atoms with E-state index in [1.54, 1.807) is 0 Å². The van der Waals surface area contributed by atoms with Crippen molar-refractivity contribution in [2.24, 2.45) is 5.92 Å². The molecule has 1 atom stereocenters. The van der Waals surface area contributed by atoms with Crippen LogP contribution in [-0.4, -0.2) is 5.11 Å². The Morgan fingerprint density at radius 2 is 1.74 bits per heavy atom. The van der Waals surface area contributed by atoms with Gasteiger partial charge in [-0.25, -0.2) is 0 Å². The summed E-state index contributed by atoms with van der Waals surface area (Å²) in [5.74, 6) is 0.738. The maximum absolute atomic E-state index is 10.3. The second-order valence-corrected chi connectivity index (χ2v) is 6.76. The predicted octanol–water partition coefficient (Wildman–Crippen LogP) is 4.99. The minimum Gasteiger partial charge on any atom is -0.388 e. The van der Waals surface area contributed by atoms with Gasteiger partial charge in [0.2, 0.25) is 0 Å². The van der Waals surface area contributed by atoms with Gasteiger partial charge in [0.05, 0.1) is 6.10 Å². The Balaban J connectivity index is 2.01. The van der Waals surface area contributed by atoms with Crippen LogP contribution < -0.4 is 0 Å². The summed E-state index contributed by atoms with van der Waals surface area (Å²) in [6, 6.07) is 8.62. The summed E-state index contributed by atoms with van der Waals surface area (Å²) in [7, 11) is 0. The van der Waals surface area contributed by atoms with Crippen LogP contribution in [0.5, 0.6) is 0 Å². The molecule has 1 aromatic carbocycles. The van der Waals surface area contributed by atoms with Gasteiger partial charge >= 0.3 is 0 Å². The molecule has 1 aromatic rings. The molecule has 1 fully saturated rings. The summed E-state index contributed by atoms with van der Waals surface area (Å²) in [6.07, 6.45) is 7.10. The highest BCUT2D eigenvalue weighted by molar-refractivity contribution is 5.29. The Bertz CT molecular complexity index is 385. The Morgan fingerprint density at radius 1 is 1.16 bits per heavy atom. The Labute approximate surface area is 118 Å². The molecule has 0 amide bonds. The van der Waals surface area contributed by atoms with Gasteiger partial charge in [-0.2, -0.15) is 0 Å². The van der Waals surface area contributed by atoms with Crippen molar-refractivity contribution in [3.63, 3.8) is 0 Å². The number of benzene rings is 1. The summed E-state index contributed by atoms with van der Waals surface area (Å²) in [5.41, 5.74) is 2.68. The lowest BCUT2D eigenvalue weighted by Crippen LogP contribution is -2.15. The van der Waals surface area contributed by atoms with Crippen molar-refractivity contribution in [3.8, 4) is 0 Å². The van der Waals surface area contributed by atoms with E-state index in [9.17, 15) is 5.11 Å². The Kier molecular flexibility index (Phi) is 4.67. The second-order valence-electron chi connectivity index (χ2n) is 6.76. The van der Waals surface area contributed by atoms with Crippen molar-refractivity contribution in [2.45, 2.75) is 70.8 Å². The van der Waals surface area contributed by atoms with Crippen LogP contribution in [0, 0.1) is 5.92 Å². The van der Waals surface area contributed by atoms with Gasteiger partial charge in [-0.05, 0) is 35.3 Å². The maximum atomic E-state index is 10.3. The molecule has 0 heterocycles. The third-order valence-electron chi connectivity index (χ3n) is 4.99. The highest BCUT2D eigenvalue weighted by Gasteiger charge is 2.21. The maximum Gasteiger partial charge on any atom is 0.0792 e. The molecular weight excluding hydrogens is 232 g/mol. The van der Waals surface area contributed by atoms with E-state index in [-0.39, 0.29) is 11.5 Å². The van der Waals surface area contributed by atoms with E-state index in [1.165, 1.54) is 31.2 Å². The SMILES string of the molecule is CCC(C)(C)c1ccc(C(O)CC2CCCC2)cc1. The average molecular weight is 260 g/mol. The summed E-state index contributed by atoms with van der Waals surface area (Å²) < 4.78 is 0. The first-order valence-corrected chi connectivity index (χ1v) is 7.81. The number of rotatable bonds is 5. The molecule has 0 bridgehead atoms. The van der Waals surface area contributed by atoms with Crippen molar-refractivity contribution in [1.82, 2.24) is 0 Å². The molecule has 1 saturated carbocycles. The van der Waals surface area contributed by atoms with Gasteiger partial charge < -0.3 is 5.11 Å². The molecule has 0 spiro atoms. The van der Waals surface area contributed by atoms with E-state index < -0.39 is 0 Å². The lowest BCUT2D eigenvalue weighted by atomic mass is 9.81. The molecule has 0 saturated heterocycles. The fraction of sp³-hybridized carbons (Fsp3) is 0.667. The predicted molar refractivity (Wildman–Crippen MR) is 81.3 cm³/mol. The van der Waals surface area contributed by atoms with E-state index in [2.05, 4.69) is 45.0 Å². The van der Waals surface area contributed by atoms with Crippen LogP contribution in [0.25, 0.3) is 0 Å². The summed E-state index contributed by atoms with van der Waals surface area (Å²) in [5, 5.41) is 10.3. The first-order chi connectivity index (χ1) is 9.03. The number of hydrogen-bond donors (Lipinski definition) is 1. The largest absolute Gasteiger partial charge is 0.388 e. The van der Waals surface area contributed by atoms with E-state index in [0.717, 1.165) is 24.3 Å².